The average molecular weight is 527 g/mol. The van der Waals surface area contributed by atoms with Crippen LogP contribution in [0.25, 0.3) is 0 Å². The van der Waals surface area contributed by atoms with E-state index >= 15 is 0 Å². The molecule has 0 amide bonds. The van der Waals surface area contributed by atoms with Gasteiger partial charge < -0.3 is 5.11 Å². The summed E-state index contributed by atoms with van der Waals surface area (Å²) in [7, 11) is 0. The predicted molar refractivity (Wildman–Crippen MR) is 135 cm³/mol. The van der Waals surface area contributed by atoms with Gasteiger partial charge in [0.25, 0.3) is 0 Å². The highest BCUT2D eigenvalue weighted by atomic mass is 35.5. The second-order valence-corrected chi connectivity index (χ2v) is 11.2. The number of halogens is 5. The molecule has 1 N–H and O–H groups in total. The van der Waals surface area contributed by atoms with Gasteiger partial charge in [0.2, 0.25) is 0 Å². The van der Waals surface area contributed by atoms with Crippen molar-refractivity contribution in [2.24, 2.45) is 5.92 Å². The first-order chi connectivity index (χ1) is 14.3. The lowest BCUT2D eigenvalue weighted by Gasteiger charge is -2.15. The molecule has 0 saturated heterocycles. The Labute approximate surface area is 209 Å². The van der Waals surface area contributed by atoms with Crippen LogP contribution in [0.2, 0.25) is 0 Å². The Morgan fingerprint density at radius 3 is 1.70 bits per heavy atom. The monoisotopic (exact) mass is 524 g/mol. The summed E-state index contributed by atoms with van der Waals surface area (Å²) in [6.07, 6.45) is 13.8. The standard InChI is InChI=1S/C23H41Cl5O2/c1-2-19(25)17-22(28)14-7-13-20(26)11-5-3-4-9-18(23(29)30)10-6-12-21(27)15-8-16-24/h18-22H,2-17H2,1H3,(H,29,30). The smallest absolute Gasteiger partial charge is 0.306 e. The molecule has 0 bridgehead atoms. The zero-order valence-electron chi connectivity index (χ0n) is 18.4. The van der Waals surface area contributed by atoms with Crippen molar-refractivity contribution in [2.75, 3.05) is 5.88 Å². The van der Waals surface area contributed by atoms with Crippen LogP contribution in [-0.4, -0.2) is 38.5 Å². The molecule has 0 aliphatic heterocycles. The summed E-state index contributed by atoms with van der Waals surface area (Å²) in [4.78, 5) is 11.5. The second-order valence-electron chi connectivity index (χ2n) is 8.40. The van der Waals surface area contributed by atoms with E-state index < -0.39 is 5.97 Å². The van der Waals surface area contributed by atoms with E-state index in [9.17, 15) is 9.90 Å². The summed E-state index contributed by atoms with van der Waals surface area (Å²) in [5, 5.41) is 10.0. The number of aliphatic carboxylic acids is 1. The van der Waals surface area contributed by atoms with Gasteiger partial charge in [-0.3, -0.25) is 4.79 Å². The van der Waals surface area contributed by atoms with Gasteiger partial charge >= 0.3 is 5.97 Å². The largest absolute Gasteiger partial charge is 0.481 e. The first-order valence-corrected chi connectivity index (χ1v) is 13.9. The fourth-order valence-electron chi connectivity index (χ4n) is 3.62. The van der Waals surface area contributed by atoms with Gasteiger partial charge in [0.1, 0.15) is 0 Å². The number of carboxylic acid groups (broad SMARTS) is 1. The Bertz CT molecular complexity index is 411. The molecule has 0 aliphatic carbocycles. The van der Waals surface area contributed by atoms with E-state index in [1.807, 2.05) is 0 Å². The van der Waals surface area contributed by atoms with Crippen molar-refractivity contribution >= 4 is 64.0 Å². The maximum atomic E-state index is 11.5. The summed E-state index contributed by atoms with van der Waals surface area (Å²) >= 11 is 30.8. The number of carboxylic acids is 1. The Morgan fingerprint density at radius 1 is 0.667 bits per heavy atom. The molecule has 0 spiro atoms. The molecule has 0 saturated carbocycles. The van der Waals surface area contributed by atoms with E-state index in [0.717, 1.165) is 89.9 Å². The Morgan fingerprint density at radius 2 is 1.13 bits per heavy atom. The number of hydrogen-bond acceptors (Lipinski definition) is 1. The van der Waals surface area contributed by atoms with Crippen molar-refractivity contribution in [3.8, 4) is 0 Å². The quantitative estimate of drug-likeness (QED) is 0.119. The van der Waals surface area contributed by atoms with E-state index in [0.29, 0.717) is 12.3 Å². The average Bonchev–Trinajstić information content (AvgIpc) is 2.70. The van der Waals surface area contributed by atoms with Gasteiger partial charge in [-0.1, -0.05) is 39.0 Å². The minimum atomic E-state index is -0.685. The molecule has 2 nitrogen and oxygen atoms in total. The molecule has 0 aliphatic rings. The van der Waals surface area contributed by atoms with Crippen molar-refractivity contribution in [3.05, 3.63) is 0 Å². The second kappa shape index (κ2) is 20.5. The molecule has 0 rings (SSSR count). The Kier molecular flexibility index (Phi) is 21.2. The minimum absolute atomic E-state index is 0.107. The molecule has 180 valence electrons. The lowest BCUT2D eigenvalue weighted by molar-refractivity contribution is -0.142. The van der Waals surface area contributed by atoms with Gasteiger partial charge in [0, 0.05) is 27.4 Å². The molecule has 0 aromatic heterocycles. The summed E-state index contributed by atoms with van der Waals surface area (Å²) < 4.78 is 0. The third kappa shape index (κ3) is 18.5. The summed E-state index contributed by atoms with van der Waals surface area (Å²) in [6, 6.07) is 0. The van der Waals surface area contributed by atoms with Gasteiger partial charge in [-0.05, 0) is 64.2 Å². The van der Waals surface area contributed by atoms with Gasteiger partial charge in [0.05, 0.1) is 5.92 Å². The highest BCUT2D eigenvalue weighted by Gasteiger charge is 2.17. The predicted octanol–water partition coefficient (Wildman–Crippen LogP) is 9.23. The van der Waals surface area contributed by atoms with Crippen LogP contribution in [0.15, 0.2) is 0 Å². The van der Waals surface area contributed by atoms with Crippen molar-refractivity contribution in [2.45, 2.75) is 125 Å². The topological polar surface area (TPSA) is 37.3 Å². The molecule has 30 heavy (non-hydrogen) atoms. The molecule has 0 aromatic carbocycles. The van der Waals surface area contributed by atoms with Crippen LogP contribution in [0.3, 0.4) is 0 Å². The first kappa shape index (κ1) is 30.9. The summed E-state index contributed by atoms with van der Waals surface area (Å²) in [6.45, 7) is 2.08. The number of rotatable bonds is 21. The SMILES string of the molecule is CCC(Cl)CC(Cl)CCCC(Cl)CCCCCC(CCCC(Cl)CCCCl)C(=O)O. The molecule has 5 atom stereocenters. The normalized spacial score (nSPS) is 16.7. The fourth-order valence-corrected chi connectivity index (χ4v) is 5.07. The molecule has 0 radical (unpaired) electrons. The molecule has 0 fully saturated rings. The van der Waals surface area contributed by atoms with Gasteiger partial charge in [0.15, 0.2) is 0 Å². The Hall–Kier alpha value is 0.920. The molecular formula is C23H41Cl5O2. The molecule has 7 heteroatoms. The zero-order valence-corrected chi connectivity index (χ0v) is 22.2. The van der Waals surface area contributed by atoms with Crippen LogP contribution < -0.4 is 0 Å². The number of unbranched alkanes of at least 4 members (excludes halogenated alkanes) is 2. The maximum Gasteiger partial charge on any atom is 0.306 e. The molecule has 5 unspecified atom stereocenters. The van der Waals surface area contributed by atoms with Crippen LogP contribution in [0.1, 0.15) is 103 Å². The lowest BCUT2D eigenvalue weighted by Crippen LogP contribution is -2.14. The van der Waals surface area contributed by atoms with E-state index in [1.54, 1.807) is 0 Å². The summed E-state index contributed by atoms with van der Waals surface area (Å²) in [5.74, 6) is -0.316. The fraction of sp³-hybridized carbons (Fsp3) is 0.957. The maximum absolute atomic E-state index is 11.5. The van der Waals surface area contributed by atoms with Crippen LogP contribution >= 0.6 is 58.0 Å². The van der Waals surface area contributed by atoms with Gasteiger partial charge in [-0.15, -0.1) is 58.0 Å². The zero-order chi connectivity index (χ0) is 22.8. The van der Waals surface area contributed by atoms with Crippen LogP contribution in [0.5, 0.6) is 0 Å². The van der Waals surface area contributed by atoms with Crippen LogP contribution in [0, 0.1) is 5.92 Å². The minimum Gasteiger partial charge on any atom is -0.481 e. The highest BCUT2D eigenvalue weighted by Crippen LogP contribution is 2.24. The Balaban J connectivity index is 3.79. The van der Waals surface area contributed by atoms with Crippen molar-refractivity contribution < 1.29 is 9.90 Å². The van der Waals surface area contributed by atoms with Crippen molar-refractivity contribution in [1.29, 1.82) is 0 Å². The van der Waals surface area contributed by atoms with Crippen LogP contribution in [0.4, 0.5) is 0 Å². The van der Waals surface area contributed by atoms with Crippen LogP contribution in [-0.2, 0) is 4.79 Å². The highest BCUT2D eigenvalue weighted by molar-refractivity contribution is 6.23. The molecule has 0 aromatic rings. The molecule has 0 heterocycles. The number of hydrogen-bond donors (Lipinski definition) is 1. The third-order valence-electron chi connectivity index (χ3n) is 5.63. The van der Waals surface area contributed by atoms with Crippen molar-refractivity contribution in [1.82, 2.24) is 0 Å². The van der Waals surface area contributed by atoms with Crippen molar-refractivity contribution in [3.63, 3.8) is 0 Å². The summed E-state index contributed by atoms with van der Waals surface area (Å²) in [5.41, 5.74) is 0. The third-order valence-corrected chi connectivity index (χ3v) is 7.65. The van der Waals surface area contributed by atoms with E-state index in [2.05, 4.69) is 6.92 Å². The van der Waals surface area contributed by atoms with Gasteiger partial charge in [-0.2, -0.15) is 0 Å². The van der Waals surface area contributed by atoms with Gasteiger partial charge in [-0.25, -0.2) is 0 Å². The number of carbonyl (C=O) groups is 1. The van der Waals surface area contributed by atoms with E-state index in [4.69, 9.17) is 58.0 Å². The molecular weight excluding hydrogens is 486 g/mol. The van der Waals surface area contributed by atoms with E-state index in [1.165, 1.54) is 0 Å². The lowest BCUT2D eigenvalue weighted by atomic mass is 9.94. The first-order valence-electron chi connectivity index (χ1n) is 11.6. The van der Waals surface area contributed by atoms with E-state index in [-0.39, 0.29) is 27.4 Å². The number of alkyl halides is 5.